The highest BCUT2D eigenvalue weighted by atomic mass is 15.2. The summed E-state index contributed by atoms with van der Waals surface area (Å²) in [5.74, 6) is 0.631. The van der Waals surface area contributed by atoms with Crippen LogP contribution in [0.25, 0.3) is 0 Å². The minimum atomic E-state index is 0.0438. The van der Waals surface area contributed by atoms with Crippen LogP contribution in [0.15, 0.2) is 0 Å². The van der Waals surface area contributed by atoms with Gasteiger partial charge in [0.15, 0.2) is 0 Å². The maximum Gasteiger partial charge on any atom is 0.0951 e. The van der Waals surface area contributed by atoms with Crippen molar-refractivity contribution >= 4 is 0 Å². The highest BCUT2D eigenvalue weighted by Crippen LogP contribution is 2.14. The van der Waals surface area contributed by atoms with Crippen LogP contribution in [0.1, 0.15) is 47.5 Å². The first-order valence-electron chi connectivity index (χ1n) is 5.72. The monoisotopic (exact) mass is 196 g/mol. The van der Waals surface area contributed by atoms with Crippen molar-refractivity contribution in [2.75, 3.05) is 6.54 Å². The quantitative estimate of drug-likeness (QED) is 0.653. The molecule has 0 rings (SSSR count). The second-order valence-corrected chi connectivity index (χ2v) is 4.37. The molecule has 0 aromatic heterocycles. The maximum atomic E-state index is 8.97. The summed E-state index contributed by atoms with van der Waals surface area (Å²) in [4.78, 5) is 2.34. The molecule has 0 aliphatic heterocycles. The van der Waals surface area contributed by atoms with E-state index in [9.17, 15) is 0 Å². The van der Waals surface area contributed by atoms with Crippen molar-refractivity contribution in [1.82, 2.24) is 4.90 Å². The fraction of sp³-hybridized carbons (Fsp3) is 0.917. The normalized spacial score (nSPS) is 13.6. The predicted molar refractivity (Wildman–Crippen MR) is 61.0 cm³/mol. The van der Waals surface area contributed by atoms with Crippen molar-refractivity contribution in [3.8, 4) is 6.07 Å². The van der Waals surface area contributed by atoms with Crippen LogP contribution in [0.2, 0.25) is 0 Å². The summed E-state index contributed by atoms with van der Waals surface area (Å²) in [6.07, 6.45) is 2.27. The lowest BCUT2D eigenvalue weighted by atomic mass is 10.1. The fourth-order valence-corrected chi connectivity index (χ4v) is 1.88. The Labute approximate surface area is 88.9 Å². The molecule has 0 amide bonds. The van der Waals surface area contributed by atoms with Gasteiger partial charge >= 0.3 is 0 Å². The second-order valence-electron chi connectivity index (χ2n) is 4.37. The largest absolute Gasteiger partial charge is 0.285 e. The van der Waals surface area contributed by atoms with Crippen LogP contribution in [-0.2, 0) is 0 Å². The van der Waals surface area contributed by atoms with Gasteiger partial charge < -0.3 is 0 Å². The molecule has 0 radical (unpaired) electrons. The first-order chi connectivity index (χ1) is 6.56. The molecular formula is C12H24N2. The molecule has 0 spiro atoms. The molecule has 0 N–H and O–H groups in total. The molecule has 0 aliphatic rings. The molecule has 14 heavy (non-hydrogen) atoms. The van der Waals surface area contributed by atoms with Gasteiger partial charge in [0.25, 0.3) is 0 Å². The van der Waals surface area contributed by atoms with Crippen molar-refractivity contribution < 1.29 is 0 Å². The molecule has 2 nitrogen and oxygen atoms in total. The second kappa shape index (κ2) is 6.84. The zero-order valence-electron chi connectivity index (χ0n) is 10.2. The van der Waals surface area contributed by atoms with Crippen molar-refractivity contribution in [3.63, 3.8) is 0 Å². The molecule has 0 saturated heterocycles. The van der Waals surface area contributed by atoms with Crippen molar-refractivity contribution in [2.24, 2.45) is 5.92 Å². The van der Waals surface area contributed by atoms with Crippen LogP contribution in [-0.4, -0.2) is 23.5 Å². The smallest absolute Gasteiger partial charge is 0.0951 e. The summed E-state index contributed by atoms with van der Waals surface area (Å²) in [5, 5.41) is 8.97. The number of rotatable bonds is 6. The van der Waals surface area contributed by atoms with Crippen LogP contribution in [0, 0.1) is 17.2 Å². The molecular weight excluding hydrogens is 172 g/mol. The maximum absolute atomic E-state index is 8.97. The van der Waals surface area contributed by atoms with Gasteiger partial charge in [0.1, 0.15) is 0 Å². The third kappa shape index (κ3) is 4.11. The number of nitrogens with zero attached hydrogens (tertiary/aromatic N) is 2. The molecule has 1 atom stereocenters. The molecule has 1 unspecified atom stereocenters. The van der Waals surface area contributed by atoms with Crippen molar-refractivity contribution in [3.05, 3.63) is 0 Å². The topological polar surface area (TPSA) is 27.0 Å². The summed E-state index contributed by atoms with van der Waals surface area (Å²) in [6, 6.07) is 2.95. The Bertz CT molecular complexity index is 177. The van der Waals surface area contributed by atoms with Gasteiger partial charge in [-0.1, -0.05) is 27.7 Å². The van der Waals surface area contributed by atoms with E-state index in [-0.39, 0.29) is 6.04 Å². The molecule has 0 aliphatic carbocycles. The summed E-state index contributed by atoms with van der Waals surface area (Å²) in [7, 11) is 0. The van der Waals surface area contributed by atoms with Crippen LogP contribution >= 0.6 is 0 Å². The zero-order valence-corrected chi connectivity index (χ0v) is 10.2. The lowest BCUT2D eigenvalue weighted by Gasteiger charge is -2.33. The number of hydrogen-bond donors (Lipinski definition) is 0. The van der Waals surface area contributed by atoms with Crippen LogP contribution in [0.3, 0.4) is 0 Å². The molecule has 0 aromatic carbocycles. The molecule has 2 heteroatoms. The first kappa shape index (κ1) is 13.4. The van der Waals surface area contributed by atoms with E-state index in [1.807, 2.05) is 6.92 Å². The predicted octanol–water partition coefficient (Wildman–Crippen LogP) is 3.05. The summed E-state index contributed by atoms with van der Waals surface area (Å²) in [6.45, 7) is 11.8. The SMILES string of the molecule is CCC(CC)N(CC(C)C)C(C)C#N. The number of nitriles is 1. The average molecular weight is 196 g/mol. The lowest BCUT2D eigenvalue weighted by Crippen LogP contribution is -2.42. The van der Waals surface area contributed by atoms with Gasteiger partial charge in [-0.05, 0) is 25.7 Å². The Morgan fingerprint density at radius 1 is 1.14 bits per heavy atom. The Morgan fingerprint density at radius 2 is 1.64 bits per heavy atom. The van der Waals surface area contributed by atoms with Gasteiger partial charge in [-0.15, -0.1) is 0 Å². The lowest BCUT2D eigenvalue weighted by molar-refractivity contribution is 0.144. The minimum absolute atomic E-state index is 0.0438. The highest BCUT2D eigenvalue weighted by molar-refractivity contribution is 4.91. The Morgan fingerprint density at radius 3 is 1.93 bits per heavy atom. The fourth-order valence-electron chi connectivity index (χ4n) is 1.88. The number of hydrogen-bond acceptors (Lipinski definition) is 2. The van der Waals surface area contributed by atoms with E-state index in [1.54, 1.807) is 0 Å². The molecule has 82 valence electrons. The van der Waals surface area contributed by atoms with Crippen molar-refractivity contribution in [2.45, 2.75) is 59.5 Å². The summed E-state index contributed by atoms with van der Waals surface area (Å²) >= 11 is 0. The van der Waals surface area contributed by atoms with Gasteiger partial charge in [0, 0.05) is 12.6 Å². The highest BCUT2D eigenvalue weighted by Gasteiger charge is 2.21. The molecule has 0 saturated carbocycles. The van der Waals surface area contributed by atoms with Gasteiger partial charge in [-0.2, -0.15) is 5.26 Å². The van der Waals surface area contributed by atoms with E-state index in [0.29, 0.717) is 12.0 Å². The summed E-state index contributed by atoms with van der Waals surface area (Å²) in [5.41, 5.74) is 0. The first-order valence-corrected chi connectivity index (χ1v) is 5.72. The van der Waals surface area contributed by atoms with Crippen LogP contribution < -0.4 is 0 Å². The molecule has 0 heterocycles. The average Bonchev–Trinajstić information content (AvgIpc) is 2.16. The van der Waals surface area contributed by atoms with E-state index in [0.717, 1.165) is 19.4 Å². The minimum Gasteiger partial charge on any atom is -0.285 e. The standard InChI is InChI=1S/C12H24N2/c1-6-12(7-2)14(9-10(3)4)11(5)8-13/h10-12H,6-7,9H2,1-5H3. The Kier molecular flexibility index (Phi) is 6.57. The van der Waals surface area contributed by atoms with E-state index in [4.69, 9.17) is 5.26 Å². The third-order valence-corrected chi connectivity index (χ3v) is 2.67. The van der Waals surface area contributed by atoms with E-state index in [1.165, 1.54) is 0 Å². The van der Waals surface area contributed by atoms with Crippen molar-refractivity contribution in [1.29, 1.82) is 5.26 Å². The Hall–Kier alpha value is -0.550. The van der Waals surface area contributed by atoms with E-state index < -0.39 is 0 Å². The molecule has 0 aromatic rings. The van der Waals surface area contributed by atoms with Crippen LogP contribution in [0.5, 0.6) is 0 Å². The van der Waals surface area contributed by atoms with Gasteiger partial charge in [-0.3, -0.25) is 4.90 Å². The Balaban J connectivity index is 4.45. The van der Waals surface area contributed by atoms with E-state index in [2.05, 4.69) is 38.7 Å². The molecule has 0 bridgehead atoms. The van der Waals surface area contributed by atoms with Gasteiger partial charge in [0.2, 0.25) is 0 Å². The third-order valence-electron chi connectivity index (χ3n) is 2.67. The summed E-state index contributed by atoms with van der Waals surface area (Å²) < 4.78 is 0. The van der Waals surface area contributed by atoms with E-state index >= 15 is 0 Å². The van der Waals surface area contributed by atoms with Gasteiger partial charge in [0.05, 0.1) is 12.1 Å². The molecule has 0 fully saturated rings. The van der Waals surface area contributed by atoms with Crippen LogP contribution in [0.4, 0.5) is 0 Å². The zero-order chi connectivity index (χ0) is 11.1. The van der Waals surface area contributed by atoms with Gasteiger partial charge in [-0.25, -0.2) is 0 Å².